The standard InChI is InChI=1S/C25H25N3O6S2/c1-33-21(29)12-11-19(24(32)34-2)27-22(30)17-7-3-16(4-8-17)14-26-18-9-5-15(6-10-18)13-20-23(31)28-25(35)36-20/h3-10,13,19,26H,11-12,14H2,1-2H3,(H,27,30)(H,28,31,35)/b20-13-/t19-/m0/s1. The maximum Gasteiger partial charge on any atom is 0.328 e. The van der Waals surface area contributed by atoms with Gasteiger partial charge in [-0.15, -0.1) is 0 Å². The number of ether oxygens (including phenoxy) is 2. The number of thiocarbonyl (C=S) groups is 1. The smallest absolute Gasteiger partial charge is 0.328 e. The highest BCUT2D eigenvalue weighted by Gasteiger charge is 2.23. The Morgan fingerprint density at radius 3 is 2.33 bits per heavy atom. The average molecular weight is 528 g/mol. The molecule has 2 amide bonds. The Morgan fingerprint density at radius 1 is 1.06 bits per heavy atom. The number of benzene rings is 2. The molecule has 2 aromatic rings. The molecule has 1 saturated heterocycles. The summed E-state index contributed by atoms with van der Waals surface area (Å²) >= 11 is 6.23. The van der Waals surface area contributed by atoms with Crippen LogP contribution in [0.2, 0.25) is 0 Å². The van der Waals surface area contributed by atoms with Crippen LogP contribution in [0.1, 0.15) is 34.3 Å². The van der Waals surface area contributed by atoms with E-state index in [1.54, 1.807) is 30.3 Å². The van der Waals surface area contributed by atoms with Gasteiger partial charge >= 0.3 is 11.9 Å². The first-order chi connectivity index (χ1) is 17.3. The Bertz CT molecular complexity index is 1180. The molecule has 2 aromatic carbocycles. The number of carbonyl (C=O) groups excluding carboxylic acids is 4. The van der Waals surface area contributed by atoms with Crippen LogP contribution >= 0.6 is 24.0 Å². The molecule has 188 valence electrons. The van der Waals surface area contributed by atoms with Gasteiger partial charge in [-0.3, -0.25) is 14.4 Å². The first kappa shape index (κ1) is 26.9. The molecule has 1 aliphatic rings. The number of rotatable bonds is 10. The van der Waals surface area contributed by atoms with E-state index in [0.717, 1.165) is 16.8 Å². The van der Waals surface area contributed by atoms with E-state index in [9.17, 15) is 19.2 Å². The Labute approximate surface area is 218 Å². The lowest BCUT2D eigenvalue weighted by molar-refractivity contribution is -0.144. The topological polar surface area (TPSA) is 123 Å². The van der Waals surface area contributed by atoms with Crippen LogP contribution in [-0.2, 0) is 30.4 Å². The molecule has 3 N–H and O–H groups in total. The van der Waals surface area contributed by atoms with E-state index in [0.29, 0.717) is 21.3 Å². The van der Waals surface area contributed by atoms with Crippen molar-refractivity contribution >= 4 is 63.8 Å². The SMILES string of the molecule is COC(=O)CC[C@H](NC(=O)c1ccc(CNc2ccc(/C=C3\SC(=S)NC3=O)cc2)cc1)C(=O)OC. The van der Waals surface area contributed by atoms with Crippen molar-refractivity contribution in [3.8, 4) is 0 Å². The quantitative estimate of drug-likeness (QED) is 0.243. The van der Waals surface area contributed by atoms with E-state index in [1.807, 2.05) is 24.3 Å². The van der Waals surface area contributed by atoms with E-state index >= 15 is 0 Å². The minimum atomic E-state index is -0.959. The molecule has 0 saturated carbocycles. The summed E-state index contributed by atoms with van der Waals surface area (Å²) in [5, 5.41) is 8.49. The fourth-order valence-corrected chi connectivity index (χ4v) is 4.29. The second kappa shape index (κ2) is 12.8. The Balaban J connectivity index is 1.54. The molecule has 9 nitrogen and oxygen atoms in total. The lowest BCUT2D eigenvalue weighted by Crippen LogP contribution is -2.41. The van der Waals surface area contributed by atoms with Gasteiger partial charge in [-0.25, -0.2) is 4.79 Å². The van der Waals surface area contributed by atoms with Crippen molar-refractivity contribution in [2.24, 2.45) is 0 Å². The second-order valence-corrected chi connectivity index (χ2v) is 9.41. The van der Waals surface area contributed by atoms with Crippen molar-refractivity contribution in [1.29, 1.82) is 0 Å². The Kier molecular flexibility index (Phi) is 9.60. The fraction of sp³-hybridized carbons (Fsp3) is 0.240. The van der Waals surface area contributed by atoms with Crippen LogP contribution in [0.5, 0.6) is 0 Å². The molecule has 11 heteroatoms. The summed E-state index contributed by atoms with van der Waals surface area (Å²) in [5.41, 5.74) is 3.09. The summed E-state index contributed by atoms with van der Waals surface area (Å²) in [7, 11) is 2.47. The number of anilines is 1. The lowest BCUT2D eigenvalue weighted by Gasteiger charge is -2.16. The first-order valence-corrected chi connectivity index (χ1v) is 12.1. The molecule has 1 heterocycles. The van der Waals surface area contributed by atoms with E-state index in [1.165, 1.54) is 26.0 Å². The van der Waals surface area contributed by atoms with Gasteiger partial charge in [-0.2, -0.15) is 0 Å². The zero-order valence-electron chi connectivity index (χ0n) is 19.7. The third kappa shape index (κ3) is 7.65. The van der Waals surface area contributed by atoms with Crippen molar-refractivity contribution in [2.75, 3.05) is 19.5 Å². The maximum absolute atomic E-state index is 12.6. The van der Waals surface area contributed by atoms with Gasteiger partial charge in [0.2, 0.25) is 0 Å². The zero-order valence-corrected chi connectivity index (χ0v) is 21.3. The number of thioether (sulfide) groups is 1. The summed E-state index contributed by atoms with van der Waals surface area (Å²) in [6.07, 6.45) is 1.83. The number of methoxy groups -OCH3 is 2. The van der Waals surface area contributed by atoms with Gasteiger partial charge in [0, 0.05) is 24.2 Å². The number of amides is 2. The van der Waals surface area contributed by atoms with Crippen LogP contribution in [0, 0.1) is 0 Å². The number of hydrogen-bond acceptors (Lipinski definition) is 9. The van der Waals surface area contributed by atoms with Crippen LogP contribution in [0.25, 0.3) is 6.08 Å². The highest BCUT2D eigenvalue weighted by Crippen LogP contribution is 2.26. The fourth-order valence-electron chi connectivity index (χ4n) is 3.24. The second-order valence-electron chi connectivity index (χ2n) is 7.69. The molecule has 0 unspecified atom stereocenters. The van der Waals surface area contributed by atoms with Gasteiger partial charge < -0.3 is 25.4 Å². The molecule has 0 radical (unpaired) electrons. The van der Waals surface area contributed by atoms with Crippen LogP contribution < -0.4 is 16.0 Å². The van der Waals surface area contributed by atoms with Crippen LogP contribution in [-0.4, -0.2) is 48.3 Å². The van der Waals surface area contributed by atoms with Gasteiger partial charge in [-0.1, -0.05) is 48.2 Å². The summed E-state index contributed by atoms with van der Waals surface area (Å²) in [4.78, 5) is 48.3. The predicted molar refractivity (Wildman–Crippen MR) is 141 cm³/mol. The molecule has 0 aliphatic carbocycles. The maximum atomic E-state index is 12.6. The zero-order chi connectivity index (χ0) is 26.1. The molecule has 0 spiro atoms. The van der Waals surface area contributed by atoms with Crippen molar-refractivity contribution in [3.05, 3.63) is 70.1 Å². The third-order valence-electron chi connectivity index (χ3n) is 5.22. The molecular weight excluding hydrogens is 502 g/mol. The van der Waals surface area contributed by atoms with Gasteiger partial charge in [0.1, 0.15) is 10.4 Å². The Morgan fingerprint density at radius 2 is 1.75 bits per heavy atom. The molecule has 1 aliphatic heterocycles. The number of hydrogen-bond donors (Lipinski definition) is 3. The van der Waals surface area contributed by atoms with Crippen LogP contribution in [0.3, 0.4) is 0 Å². The van der Waals surface area contributed by atoms with E-state index in [2.05, 4.69) is 20.7 Å². The number of carbonyl (C=O) groups is 4. The highest BCUT2D eigenvalue weighted by molar-refractivity contribution is 8.26. The molecule has 36 heavy (non-hydrogen) atoms. The molecule has 1 fully saturated rings. The van der Waals surface area contributed by atoms with Crippen molar-refractivity contribution in [1.82, 2.24) is 10.6 Å². The van der Waals surface area contributed by atoms with E-state index < -0.39 is 23.9 Å². The number of nitrogens with one attached hydrogen (secondary N) is 3. The van der Waals surface area contributed by atoms with Crippen molar-refractivity contribution in [2.45, 2.75) is 25.4 Å². The van der Waals surface area contributed by atoms with Gasteiger partial charge in [-0.05, 0) is 47.9 Å². The Hall–Kier alpha value is -3.70. The minimum Gasteiger partial charge on any atom is -0.469 e. The number of esters is 2. The first-order valence-electron chi connectivity index (χ1n) is 10.9. The largest absolute Gasteiger partial charge is 0.469 e. The molecular formula is C25H25N3O6S2. The normalized spacial score (nSPS) is 14.7. The molecule has 0 bridgehead atoms. The molecule has 1 atom stereocenters. The summed E-state index contributed by atoms with van der Waals surface area (Å²) in [5.74, 6) is -1.75. The van der Waals surface area contributed by atoms with E-state index in [-0.39, 0.29) is 18.7 Å². The van der Waals surface area contributed by atoms with Crippen LogP contribution in [0.4, 0.5) is 5.69 Å². The highest BCUT2D eigenvalue weighted by atomic mass is 32.2. The van der Waals surface area contributed by atoms with Gasteiger partial charge in [0.05, 0.1) is 19.1 Å². The summed E-state index contributed by atoms with van der Waals surface area (Å²) < 4.78 is 9.75. The summed E-state index contributed by atoms with van der Waals surface area (Å²) in [6, 6.07) is 13.6. The van der Waals surface area contributed by atoms with E-state index in [4.69, 9.17) is 17.0 Å². The third-order valence-corrected chi connectivity index (χ3v) is 6.38. The van der Waals surface area contributed by atoms with Crippen LogP contribution in [0.15, 0.2) is 53.4 Å². The average Bonchev–Trinajstić information content (AvgIpc) is 3.21. The monoisotopic (exact) mass is 527 g/mol. The predicted octanol–water partition coefficient (Wildman–Crippen LogP) is 3.01. The van der Waals surface area contributed by atoms with Crippen molar-refractivity contribution in [3.63, 3.8) is 0 Å². The van der Waals surface area contributed by atoms with Gasteiger partial charge in [0.15, 0.2) is 0 Å². The molecule has 3 rings (SSSR count). The van der Waals surface area contributed by atoms with Crippen molar-refractivity contribution < 1.29 is 28.7 Å². The summed E-state index contributed by atoms with van der Waals surface area (Å²) in [6.45, 7) is 0.527. The molecule has 0 aromatic heterocycles. The lowest BCUT2D eigenvalue weighted by atomic mass is 10.1. The minimum absolute atomic E-state index is 0.0258. The van der Waals surface area contributed by atoms with Gasteiger partial charge in [0.25, 0.3) is 11.8 Å².